The minimum absolute atomic E-state index is 0.208. The highest BCUT2D eigenvalue weighted by molar-refractivity contribution is 6.06. The van der Waals surface area contributed by atoms with Crippen LogP contribution in [0, 0.1) is 0 Å². The minimum Gasteiger partial charge on any atom is -0.355 e. The molecule has 0 saturated heterocycles. The lowest BCUT2D eigenvalue weighted by Crippen LogP contribution is -2.18. The molecule has 7 nitrogen and oxygen atoms in total. The molecule has 3 aromatic rings. The Bertz CT molecular complexity index is 856. The molecule has 0 bridgehead atoms. The van der Waals surface area contributed by atoms with Crippen LogP contribution in [-0.4, -0.2) is 34.3 Å². The van der Waals surface area contributed by atoms with Gasteiger partial charge in [0.25, 0.3) is 11.8 Å². The number of hydrogen-bond acceptors (Lipinski definition) is 4. The Morgan fingerprint density at radius 2 is 1.73 bits per heavy atom. The van der Waals surface area contributed by atoms with Gasteiger partial charge in [0.2, 0.25) is 0 Å². The maximum atomic E-state index is 12.3. The van der Waals surface area contributed by atoms with Gasteiger partial charge >= 0.3 is 0 Å². The van der Waals surface area contributed by atoms with Crippen molar-refractivity contribution in [2.45, 2.75) is 0 Å². The zero-order chi connectivity index (χ0) is 15.5. The van der Waals surface area contributed by atoms with E-state index in [2.05, 4.69) is 26.0 Å². The molecule has 110 valence electrons. The molecule has 0 spiro atoms. The summed E-state index contributed by atoms with van der Waals surface area (Å²) in [4.78, 5) is 23.9. The number of amides is 2. The van der Waals surface area contributed by atoms with Crippen molar-refractivity contribution in [3.8, 4) is 0 Å². The molecule has 0 aliphatic rings. The number of aromatic amines is 1. The van der Waals surface area contributed by atoms with E-state index in [-0.39, 0.29) is 11.8 Å². The number of nitrogens with zero attached hydrogens (tertiary/aromatic N) is 2. The van der Waals surface area contributed by atoms with Crippen molar-refractivity contribution in [3.05, 3.63) is 53.6 Å². The number of carbonyl (C=O) groups excluding carboxylic acids is 2. The molecule has 1 aromatic heterocycles. The molecule has 0 radical (unpaired) electrons. The summed E-state index contributed by atoms with van der Waals surface area (Å²) in [6, 6.07) is 11.8. The summed E-state index contributed by atoms with van der Waals surface area (Å²) in [5.41, 5.74) is 2.80. The van der Waals surface area contributed by atoms with E-state index in [4.69, 9.17) is 0 Å². The normalized spacial score (nSPS) is 10.4. The van der Waals surface area contributed by atoms with Gasteiger partial charge in [0, 0.05) is 23.9 Å². The van der Waals surface area contributed by atoms with Gasteiger partial charge in [0.05, 0.1) is 0 Å². The monoisotopic (exact) mass is 295 g/mol. The highest BCUT2D eigenvalue weighted by Gasteiger charge is 2.10. The fourth-order valence-corrected chi connectivity index (χ4v) is 2.07. The summed E-state index contributed by atoms with van der Waals surface area (Å²) in [5, 5.41) is 15.7. The fraction of sp³-hybridized carbons (Fsp3) is 0.0667. The van der Waals surface area contributed by atoms with Crippen LogP contribution in [0.1, 0.15) is 20.7 Å². The standard InChI is InChI=1S/C15H13N5O2/c1-16-14(21)9-3-2-4-11(7-9)17-15(22)10-5-6-12-13(8-10)19-20-18-12/h2-8H,1H3,(H,16,21)(H,17,22)(H,18,19,20). The van der Waals surface area contributed by atoms with Crippen LogP contribution in [0.3, 0.4) is 0 Å². The van der Waals surface area contributed by atoms with Crippen LogP contribution in [0.15, 0.2) is 42.5 Å². The quantitative estimate of drug-likeness (QED) is 0.683. The Morgan fingerprint density at radius 1 is 0.955 bits per heavy atom. The first-order chi connectivity index (χ1) is 10.7. The maximum Gasteiger partial charge on any atom is 0.255 e. The van der Waals surface area contributed by atoms with Gasteiger partial charge < -0.3 is 10.6 Å². The van der Waals surface area contributed by atoms with Gasteiger partial charge in [0.1, 0.15) is 11.0 Å². The van der Waals surface area contributed by atoms with Crippen molar-refractivity contribution in [1.29, 1.82) is 0 Å². The maximum absolute atomic E-state index is 12.3. The average Bonchev–Trinajstić information content (AvgIpc) is 3.01. The number of rotatable bonds is 3. The van der Waals surface area contributed by atoms with E-state index < -0.39 is 0 Å². The SMILES string of the molecule is CNC(=O)c1cccc(NC(=O)c2ccc3n[nH]nc3c2)c1. The molecule has 2 amide bonds. The number of benzene rings is 2. The second kappa shape index (κ2) is 5.65. The Morgan fingerprint density at radius 3 is 2.55 bits per heavy atom. The second-order valence-corrected chi connectivity index (χ2v) is 4.64. The fourth-order valence-electron chi connectivity index (χ4n) is 2.07. The summed E-state index contributed by atoms with van der Waals surface area (Å²) >= 11 is 0. The number of nitrogens with one attached hydrogen (secondary N) is 3. The summed E-state index contributed by atoms with van der Waals surface area (Å²) in [6.07, 6.45) is 0. The molecule has 0 unspecified atom stereocenters. The zero-order valence-electron chi connectivity index (χ0n) is 11.8. The van der Waals surface area contributed by atoms with Crippen molar-refractivity contribution in [2.24, 2.45) is 0 Å². The number of aromatic nitrogens is 3. The number of H-pyrrole nitrogens is 1. The largest absolute Gasteiger partial charge is 0.355 e. The highest BCUT2D eigenvalue weighted by atomic mass is 16.2. The summed E-state index contributed by atoms with van der Waals surface area (Å²) in [5.74, 6) is -0.487. The zero-order valence-corrected chi connectivity index (χ0v) is 11.8. The van der Waals surface area contributed by atoms with E-state index in [1.807, 2.05) is 0 Å². The third kappa shape index (κ3) is 2.64. The molecular formula is C15H13N5O2. The summed E-state index contributed by atoms with van der Waals surface area (Å²) in [6.45, 7) is 0. The van der Waals surface area contributed by atoms with Crippen LogP contribution in [0.4, 0.5) is 5.69 Å². The lowest BCUT2D eigenvalue weighted by molar-refractivity contribution is 0.0961. The molecular weight excluding hydrogens is 282 g/mol. The smallest absolute Gasteiger partial charge is 0.255 e. The second-order valence-electron chi connectivity index (χ2n) is 4.64. The van der Waals surface area contributed by atoms with Crippen LogP contribution >= 0.6 is 0 Å². The van der Waals surface area contributed by atoms with E-state index in [1.54, 1.807) is 49.5 Å². The molecule has 0 fully saturated rings. The van der Waals surface area contributed by atoms with Crippen LogP contribution in [0.2, 0.25) is 0 Å². The summed E-state index contributed by atoms with van der Waals surface area (Å²) in [7, 11) is 1.56. The highest BCUT2D eigenvalue weighted by Crippen LogP contribution is 2.15. The van der Waals surface area contributed by atoms with Crippen molar-refractivity contribution in [2.75, 3.05) is 12.4 Å². The Labute approximate surface area is 125 Å². The van der Waals surface area contributed by atoms with Gasteiger partial charge in [-0.25, -0.2) is 0 Å². The molecule has 3 rings (SSSR count). The molecule has 1 heterocycles. The molecule has 2 aromatic carbocycles. The Kier molecular flexibility index (Phi) is 3.53. The molecule has 0 aliphatic heterocycles. The lowest BCUT2D eigenvalue weighted by Gasteiger charge is -2.07. The third-order valence-corrected chi connectivity index (χ3v) is 3.19. The first-order valence-electron chi connectivity index (χ1n) is 6.61. The molecule has 0 aliphatic carbocycles. The third-order valence-electron chi connectivity index (χ3n) is 3.19. The predicted molar refractivity (Wildman–Crippen MR) is 81.7 cm³/mol. The molecule has 0 atom stereocenters. The van der Waals surface area contributed by atoms with Crippen LogP contribution in [0.25, 0.3) is 11.0 Å². The van der Waals surface area contributed by atoms with E-state index in [9.17, 15) is 9.59 Å². The average molecular weight is 295 g/mol. The number of anilines is 1. The van der Waals surface area contributed by atoms with E-state index in [0.717, 1.165) is 0 Å². The predicted octanol–water partition coefficient (Wildman–Crippen LogP) is 1.57. The first kappa shape index (κ1) is 13.7. The van der Waals surface area contributed by atoms with Crippen molar-refractivity contribution >= 4 is 28.5 Å². The Hall–Kier alpha value is -3.22. The minimum atomic E-state index is -0.279. The number of carbonyl (C=O) groups is 2. The number of hydrogen-bond donors (Lipinski definition) is 3. The van der Waals surface area contributed by atoms with Crippen LogP contribution in [-0.2, 0) is 0 Å². The van der Waals surface area contributed by atoms with Crippen LogP contribution in [0.5, 0.6) is 0 Å². The van der Waals surface area contributed by atoms with Gasteiger partial charge in [0.15, 0.2) is 0 Å². The molecule has 22 heavy (non-hydrogen) atoms. The van der Waals surface area contributed by atoms with Gasteiger partial charge in [-0.2, -0.15) is 15.4 Å². The lowest BCUT2D eigenvalue weighted by atomic mass is 10.1. The van der Waals surface area contributed by atoms with Crippen LogP contribution < -0.4 is 10.6 Å². The van der Waals surface area contributed by atoms with Gasteiger partial charge in [-0.15, -0.1) is 0 Å². The van der Waals surface area contributed by atoms with Crippen molar-refractivity contribution < 1.29 is 9.59 Å². The number of fused-ring (bicyclic) bond motifs is 1. The topological polar surface area (TPSA) is 99.8 Å². The van der Waals surface area contributed by atoms with Gasteiger partial charge in [-0.1, -0.05) is 6.07 Å². The Balaban J connectivity index is 1.83. The van der Waals surface area contributed by atoms with E-state index in [0.29, 0.717) is 27.8 Å². The van der Waals surface area contributed by atoms with Crippen molar-refractivity contribution in [1.82, 2.24) is 20.7 Å². The summed E-state index contributed by atoms with van der Waals surface area (Å²) < 4.78 is 0. The van der Waals surface area contributed by atoms with Gasteiger partial charge in [-0.3, -0.25) is 9.59 Å². The van der Waals surface area contributed by atoms with E-state index >= 15 is 0 Å². The molecule has 7 heteroatoms. The molecule has 3 N–H and O–H groups in total. The first-order valence-corrected chi connectivity index (χ1v) is 6.61. The molecule has 0 saturated carbocycles. The van der Waals surface area contributed by atoms with Gasteiger partial charge in [-0.05, 0) is 36.4 Å². The van der Waals surface area contributed by atoms with Crippen molar-refractivity contribution in [3.63, 3.8) is 0 Å². The van der Waals surface area contributed by atoms with E-state index in [1.165, 1.54) is 0 Å².